The van der Waals surface area contributed by atoms with E-state index in [1.807, 2.05) is 36.5 Å². The second kappa shape index (κ2) is 41.4. The van der Waals surface area contributed by atoms with Crippen LogP contribution in [0.25, 0.3) is 0 Å². The van der Waals surface area contributed by atoms with Crippen LogP contribution in [0.2, 0.25) is 0 Å². The minimum atomic E-state index is -4.65. The first-order chi connectivity index (χ1) is 28.1. The fraction of sp³-hybridized carbons (Fsp3) is 0.739. The van der Waals surface area contributed by atoms with Gasteiger partial charge in [0.25, 0.3) is 0 Å². The second-order valence-corrected chi connectivity index (χ2v) is 16.4. The number of rotatable bonds is 41. The Morgan fingerprint density at radius 3 is 1.78 bits per heavy atom. The molecule has 1 unspecified atom stereocenters. The number of hydrogen-bond donors (Lipinski definition) is 4. The van der Waals surface area contributed by atoms with Crippen molar-refractivity contribution in [2.45, 2.75) is 193 Å². The van der Waals surface area contributed by atoms with Crippen molar-refractivity contribution in [2.24, 2.45) is 0 Å². The molecule has 11 nitrogen and oxygen atoms in total. The summed E-state index contributed by atoms with van der Waals surface area (Å²) in [5.41, 5.74) is 0. The van der Waals surface area contributed by atoms with Crippen molar-refractivity contribution in [1.82, 2.24) is 0 Å². The van der Waals surface area contributed by atoms with Crippen molar-refractivity contribution in [3.05, 3.63) is 60.8 Å². The number of unbranched alkanes of at least 4 members (excludes halogenated alkanes) is 17. The topological polar surface area (TPSA) is 169 Å². The molecule has 0 heterocycles. The molecule has 0 saturated heterocycles. The van der Waals surface area contributed by atoms with E-state index in [0.29, 0.717) is 32.1 Å². The predicted molar refractivity (Wildman–Crippen MR) is 234 cm³/mol. The molecule has 0 radical (unpaired) electrons. The minimum Gasteiger partial charge on any atom is -0.462 e. The summed E-state index contributed by atoms with van der Waals surface area (Å²) < 4.78 is 32.6. The summed E-state index contributed by atoms with van der Waals surface area (Å²) in [6.07, 6.45) is 42.1. The maximum atomic E-state index is 12.6. The van der Waals surface area contributed by atoms with E-state index < -0.39 is 57.9 Å². The van der Waals surface area contributed by atoms with Gasteiger partial charge in [-0.05, 0) is 70.6 Å². The Labute approximate surface area is 351 Å². The first kappa shape index (κ1) is 55.6. The average molecular weight is 841 g/mol. The second-order valence-electron chi connectivity index (χ2n) is 14.9. The van der Waals surface area contributed by atoms with Crippen molar-refractivity contribution in [3.63, 3.8) is 0 Å². The molecule has 0 amide bonds. The van der Waals surface area contributed by atoms with Gasteiger partial charge in [-0.1, -0.05) is 152 Å². The largest absolute Gasteiger partial charge is 0.472 e. The van der Waals surface area contributed by atoms with Gasteiger partial charge < -0.3 is 29.7 Å². The number of aliphatic hydroxyl groups excluding tert-OH is 3. The third kappa shape index (κ3) is 40.4. The summed E-state index contributed by atoms with van der Waals surface area (Å²) in [5.74, 6) is -1.04. The normalized spacial score (nSPS) is 14.9. The number of ether oxygens (including phenoxy) is 2. The maximum Gasteiger partial charge on any atom is 0.472 e. The Morgan fingerprint density at radius 1 is 0.586 bits per heavy atom. The van der Waals surface area contributed by atoms with Gasteiger partial charge in [0.2, 0.25) is 0 Å². The predicted octanol–water partition coefficient (Wildman–Crippen LogP) is 10.9. The van der Waals surface area contributed by atoms with Crippen LogP contribution in [0.5, 0.6) is 0 Å². The number of aliphatic hydroxyl groups is 3. The molecule has 0 aliphatic carbocycles. The molecule has 58 heavy (non-hydrogen) atoms. The highest BCUT2D eigenvalue weighted by molar-refractivity contribution is 7.47. The number of phosphoric acid groups is 1. The lowest BCUT2D eigenvalue weighted by Crippen LogP contribution is -2.29. The van der Waals surface area contributed by atoms with E-state index in [4.69, 9.17) is 19.1 Å². The van der Waals surface area contributed by atoms with Crippen molar-refractivity contribution < 1.29 is 52.9 Å². The summed E-state index contributed by atoms with van der Waals surface area (Å²) in [4.78, 5) is 35.0. The summed E-state index contributed by atoms with van der Waals surface area (Å²) >= 11 is 0. The van der Waals surface area contributed by atoms with Gasteiger partial charge in [-0.3, -0.25) is 18.6 Å². The first-order valence-corrected chi connectivity index (χ1v) is 23.8. The molecule has 0 fully saturated rings. The Morgan fingerprint density at radius 2 is 1.10 bits per heavy atom. The lowest BCUT2D eigenvalue weighted by molar-refractivity contribution is -0.161. The molecular weight excluding hydrogens is 759 g/mol. The van der Waals surface area contributed by atoms with E-state index in [-0.39, 0.29) is 19.4 Å². The van der Waals surface area contributed by atoms with Crippen molar-refractivity contribution in [2.75, 3.05) is 26.4 Å². The standard InChI is InChI=1S/C46H81O11P/c1-3-5-7-9-11-12-13-14-15-16-17-18-19-20-24-28-32-36-45(50)54-40-44(41-56-58(52,53)55-39-43(49)38-47)57-46(51)37-33-29-25-21-23-27-31-35-42(48)34-30-26-22-10-8-6-4-2/h14-15,21-22,25-27,30-31,34,42-44,47-49H,3-13,16-20,23-24,28-29,32-33,35-41H2,1-2H3,(H,52,53)/b15-14-,25-21+,26-22-,31-27-,34-30-/t42-,43-,44+/m0/s1. The van der Waals surface area contributed by atoms with E-state index in [0.717, 1.165) is 32.1 Å². The molecule has 4 N–H and O–H groups in total. The van der Waals surface area contributed by atoms with Gasteiger partial charge in [-0.2, -0.15) is 0 Å². The van der Waals surface area contributed by atoms with Gasteiger partial charge in [-0.25, -0.2) is 4.57 Å². The number of hydrogen-bond acceptors (Lipinski definition) is 10. The van der Waals surface area contributed by atoms with Crippen molar-refractivity contribution in [1.29, 1.82) is 0 Å². The van der Waals surface area contributed by atoms with E-state index in [9.17, 15) is 29.3 Å². The Balaban J connectivity index is 4.44. The summed E-state index contributed by atoms with van der Waals surface area (Å²) in [5, 5.41) is 28.4. The lowest BCUT2D eigenvalue weighted by Gasteiger charge is -2.20. The molecule has 0 saturated carbocycles. The van der Waals surface area contributed by atoms with E-state index in [2.05, 4.69) is 36.6 Å². The van der Waals surface area contributed by atoms with Crippen LogP contribution >= 0.6 is 7.82 Å². The highest BCUT2D eigenvalue weighted by atomic mass is 31.2. The van der Waals surface area contributed by atoms with Gasteiger partial charge in [0, 0.05) is 12.8 Å². The molecule has 0 aliphatic rings. The van der Waals surface area contributed by atoms with Crippen LogP contribution < -0.4 is 0 Å². The first-order valence-electron chi connectivity index (χ1n) is 22.4. The Bertz CT molecular complexity index is 1170. The van der Waals surface area contributed by atoms with Crippen LogP contribution in [-0.4, -0.2) is 76.9 Å². The molecule has 0 bridgehead atoms. The maximum absolute atomic E-state index is 12.6. The zero-order valence-electron chi connectivity index (χ0n) is 36.1. The van der Waals surface area contributed by atoms with Crippen LogP contribution in [0.15, 0.2) is 60.8 Å². The van der Waals surface area contributed by atoms with Crippen LogP contribution in [0, 0.1) is 0 Å². The summed E-state index contributed by atoms with van der Waals surface area (Å²) in [6.45, 7) is 2.18. The van der Waals surface area contributed by atoms with E-state index in [1.165, 1.54) is 83.5 Å². The molecule has 0 rings (SSSR count). The molecular formula is C46H81O11P. The van der Waals surface area contributed by atoms with Gasteiger partial charge in [-0.15, -0.1) is 0 Å². The lowest BCUT2D eigenvalue weighted by atomic mass is 10.1. The van der Waals surface area contributed by atoms with E-state index >= 15 is 0 Å². The molecule has 336 valence electrons. The third-order valence-electron chi connectivity index (χ3n) is 9.22. The van der Waals surface area contributed by atoms with Crippen LogP contribution in [-0.2, 0) is 32.7 Å². The van der Waals surface area contributed by atoms with Gasteiger partial charge in [0.05, 0.1) is 25.9 Å². The summed E-state index contributed by atoms with van der Waals surface area (Å²) in [6, 6.07) is 0. The summed E-state index contributed by atoms with van der Waals surface area (Å²) in [7, 11) is -4.65. The minimum absolute atomic E-state index is 0.0716. The van der Waals surface area contributed by atoms with E-state index in [1.54, 1.807) is 6.08 Å². The van der Waals surface area contributed by atoms with Crippen molar-refractivity contribution >= 4 is 19.8 Å². The number of allylic oxidation sites excluding steroid dienone is 8. The Hall–Kier alpha value is -2.37. The monoisotopic (exact) mass is 841 g/mol. The highest BCUT2D eigenvalue weighted by Gasteiger charge is 2.27. The zero-order valence-corrected chi connectivity index (χ0v) is 37.0. The molecule has 0 aromatic rings. The van der Waals surface area contributed by atoms with Crippen LogP contribution in [0.3, 0.4) is 0 Å². The number of carbonyl (C=O) groups excluding carboxylic acids is 2. The van der Waals surface area contributed by atoms with Crippen LogP contribution in [0.4, 0.5) is 0 Å². The fourth-order valence-corrected chi connectivity index (χ4v) is 6.50. The third-order valence-corrected chi connectivity index (χ3v) is 10.2. The number of esters is 2. The fourth-order valence-electron chi connectivity index (χ4n) is 5.71. The quantitative estimate of drug-likeness (QED) is 0.0152. The molecule has 12 heteroatoms. The highest BCUT2D eigenvalue weighted by Crippen LogP contribution is 2.43. The number of phosphoric ester groups is 1. The average Bonchev–Trinajstić information content (AvgIpc) is 3.21. The molecule has 0 aliphatic heterocycles. The van der Waals surface area contributed by atoms with Gasteiger partial charge in [0.1, 0.15) is 12.7 Å². The van der Waals surface area contributed by atoms with Gasteiger partial charge >= 0.3 is 19.8 Å². The SMILES string of the molecule is CCCCC/C=C\C=C/[C@H](O)C/C=C\C/C=C/CCCC(=O)O[C@H](COC(=O)CCCCCCCCC/C=C\CCCCCCCC)COP(=O)(O)OC[C@@H](O)CO. The molecule has 0 aromatic carbocycles. The zero-order chi connectivity index (χ0) is 42.8. The van der Waals surface area contributed by atoms with Gasteiger partial charge in [0.15, 0.2) is 6.10 Å². The van der Waals surface area contributed by atoms with Crippen LogP contribution in [0.1, 0.15) is 174 Å². The molecule has 0 aromatic heterocycles. The van der Waals surface area contributed by atoms with Crippen molar-refractivity contribution in [3.8, 4) is 0 Å². The molecule has 0 spiro atoms. The molecule has 4 atom stereocenters. The smallest absolute Gasteiger partial charge is 0.462 e. The number of carbonyl (C=O) groups is 2. The Kier molecular flexibility index (Phi) is 39.7.